The number of nitrogens with one attached hydrogen (secondary N) is 3. The average molecular weight is 532 g/mol. The van der Waals surface area contributed by atoms with E-state index in [2.05, 4.69) is 15.4 Å². The first-order valence-corrected chi connectivity index (χ1v) is 13.4. The lowest BCUT2D eigenvalue weighted by Gasteiger charge is -2.11. The van der Waals surface area contributed by atoms with Crippen molar-refractivity contribution < 1.29 is 17.9 Å². The van der Waals surface area contributed by atoms with Crippen molar-refractivity contribution >= 4 is 61.5 Å². The lowest BCUT2D eigenvalue weighted by Crippen LogP contribution is -2.32. The van der Waals surface area contributed by atoms with E-state index in [1.54, 1.807) is 42.5 Å². The normalized spacial score (nSPS) is 11.3. The molecule has 0 fully saturated rings. The highest BCUT2D eigenvalue weighted by molar-refractivity contribution is 7.92. The fourth-order valence-electron chi connectivity index (χ4n) is 3.59. The Morgan fingerprint density at radius 1 is 0.892 bits per heavy atom. The standard InChI is InChI=1S/C28H25N3O4S2/c1-2-35-24-15-11-23(12-16-24)31-37(33,34)25-17-13-22(14-18-25)29-28(36)30-27(32)19-10-21-8-5-7-20-6-3-4-9-26(20)21/h3-19,31H,2H2,1H3,(H2,29,30,32,36). The number of sulfonamides is 1. The molecule has 0 radical (unpaired) electrons. The number of hydrogen-bond acceptors (Lipinski definition) is 5. The van der Waals surface area contributed by atoms with Crippen LogP contribution in [0.25, 0.3) is 16.8 Å². The molecular weight excluding hydrogens is 506 g/mol. The Morgan fingerprint density at radius 2 is 1.57 bits per heavy atom. The molecule has 4 aromatic carbocycles. The number of carbonyl (C=O) groups is 1. The van der Waals surface area contributed by atoms with Crippen LogP contribution in [0.4, 0.5) is 11.4 Å². The van der Waals surface area contributed by atoms with Crippen LogP contribution >= 0.6 is 12.2 Å². The van der Waals surface area contributed by atoms with Crippen LogP contribution in [0.15, 0.2) is 102 Å². The van der Waals surface area contributed by atoms with Crippen molar-refractivity contribution in [3.63, 3.8) is 0 Å². The zero-order valence-electron chi connectivity index (χ0n) is 20.0. The maximum absolute atomic E-state index is 12.7. The number of hydrogen-bond donors (Lipinski definition) is 3. The van der Waals surface area contributed by atoms with E-state index in [1.807, 2.05) is 49.4 Å². The van der Waals surface area contributed by atoms with Gasteiger partial charge in [0, 0.05) is 17.5 Å². The van der Waals surface area contributed by atoms with E-state index in [1.165, 1.54) is 18.2 Å². The van der Waals surface area contributed by atoms with Gasteiger partial charge in [-0.1, -0.05) is 42.5 Å². The molecule has 1 amide bonds. The molecule has 3 N–H and O–H groups in total. The zero-order valence-corrected chi connectivity index (χ0v) is 21.6. The molecule has 0 aliphatic carbocycles. The van der Waals surface area contributed by atoms with Crippen molar-refractivity contribution in [3.05, 3.63) is 103 Å². The van der Waals surface area contributed by atoms with Crippen molar-refractivity contribution in [1.29, 1.82) is 0 Å². The van der Waals surface area contributed by atoms with Crippen LogP contribution in [0, 0.1) is 0 Å². The monoisotopic (exact) mass is 531 g/mol. The van der Waals surface area contributed by atoms with Gasteiger partial charge in [0.1, 0.15) is 5.75 Å². The third-order valence-corrected chi connectivity index (χ3v) is 6.92. The fraction of sp³-hybridized carbons (Fsp3) is 0.0714. The second-order valence-corrected chi connectivity index (χ2v) is 10.0. The van der Waals surface area contributed by atoms with Gasteiger partial charge in [-0.25, -0.2) is 8.42 Å². The number of benzene rings is 4. The predicted octanol–water partition coefficient (Wildman–Crippen LogP) is 5.57. The maximum atomic E-state index is 12.7. The number of anilines is 2. The topological polar surface area (TPSA) is 96.5 Å². The van der Waals surface area contributed by atoms with Crippen LogP contribution < -0.4 is 20.1 Å². The average Bonchev–Trinajstić information content (AvgIpc) is 2.89. The van der Waals surface area contributed by atoms with Gasteiger partial charge in [0.2, 0.25) is 5.91 Å². The molecule has 0 saturated heterocycles. The molecule has 0 aromatic heterocycles. The Morgan fingerprint density at radius 3 is 2.30 bits per heavy atom. The van der Waals surface area contributed by atoms with Crippen molar-refractivity contribution in [1.82, 2.24) is 5.32 Å². The Balaban J connectivity index is 1.33. The molecule has 37 heavy (non-hydrogen) atoms. The molecule has 4 aromatic rings. The molecule has 188 valence electrons. The minimum absolute atomic E-state index is 0.0832. The van der Waals surface area contributed by atoms with Gasteiger partial charge in [0.15, 0.2) is 5.11 Å². The van der Waals surface area contributed by atoms with E-state index in [9.17, 15) is 13.2 Å². The number of rotatable bonds is 8. The first kappa shape index (κ1) is 25.9. The van der Waals surface area contributed by atoms with Crippen LogP contribution in [0.2, 0.25) is 0 Å². The smallest absolute Gasteiger partial charge is 0.261 e. The molecule has 0 bridgehead atoms. The third kappa shape index (κ3) is 6.93. The van der Waals surface area contributed by atoms with Crippen molar-refractivity contribution in [3.8, 4) is 5.75 Å². The lowest BCUT2D eigenvalue weighted by atomic mass is 10.0. The molecule has 0 saturated carbocycles. The molecule has 0 atom stereocenters. The minimum Gasteiger partial charge on any atom is -0.494 e. The summed E-state index contributed by atoms with van der Waals surface area (Å²) in [6.07, 6.45) is 3.15. The fourth-order valence-corrected chi connectivity index (χ4v) is 4.87. The van der Waals surface area contributed by atoms with E-state index >= 15 is 0 Å². The summed E-state index contributed by atoms with van der Waals surface area (Å²) < 4.78 is 33.3. The largest absolute Gasteiger partial charge is 0.494 e. The number of fused-ring (bicyclic) bond motifs is 1. The first-order valence-electron chi connectivity index (χ1n) is 11.5. The van der Waals surface area contributed by atoms with E-state index in [4.69, 9.17) is 17.0 Å². The highest BCUT2D eigenvalue weighted by Crippen LogP contribution is 2.21. The Labute approximate surface area is 221 Å². The van der Waals surface area contributed by atoms with Gasteiger partial charge in [-0.3, -0.25) is 14.8 Å². The van der Waals surface area contributed by atoms with Gasteiger partial charge < -0.3 is 10.1 Å². The molecule has 0 unspecified atom stereocenters. The lowest BCUT2D eigenvalue weighted by molar-refractivity contribution is -0.115. The highest BCUT2D eigenvalue weighted by Gasteiger charge is 2.14. The predicted molar refractivity (Wildman–Crippen MR) is 152 cm³/mol. The van der Waals surface area contributed by atoms with Gasteiger partial charge in [-0.2, -0.15) is 0 Å². The molecule has 0 spiro atoms. The summed E-state index contributed by atoms with van der Waals surface area (Å²) in [5.74, 6) is 0.275. The maximum Gasteiger partial charge on any atom is 0.261 e. The molecule has 0 aliphatic heterocycles. The number of amides is 1. The Kier molecular flexibility index (Phi) is 8.17. The zero-order chi connectivity index (χ0) is 26.3. The summed E-state index contributed by atoms with van der Waals surface area (Å²) in [5, 5.41) is 7.70. The Bertz CT molecular complexity index is 1540. The summed E-state index contributed by atoms with van der Waals surface area (Å²) in [6, 6.07) is 26.5. The number of carbonyl (C=O) groups excluding carboxylic acids is 1. The van der Waals surface area contributed by atoms with Crippen LogP contribution in [-0.4, -0.2) is 26.0 Å². The minimum atomic E-state index is -3.78. The summed E-state index contributed by atoms with van der Waals surface area (Å²) in [5.41, 5.74) is 1.87. The summed E-state index contributed by atoms with van der Waals surface area (Å²) >= 11 is 5.22. The molecule has 9 heteroatoms. The van der Waals surface area contributed by atoms with Crippen molar-refractivity contribution in [2.75, 3.05) is 16.6 Å². The van der Waals surface area contributed by atoms with Gasteiger partial charge in [0.25, 0.3) is 10.0 Å². The molecule has 0 heterocycles. The SMILES string of the molecule is CCOc1ccc(NS(=O)(=O)c2ccc(NC(=S)NC(=O)C=Cc3cccc4ccccc34)cc2)cc1. The van der Waals surface area contributed by atoms with E-state index in [0.717, 1.165) is 16.3 Å². The summed E-state index contributed by atoms with van der Waals surface area (Å²) in [6.45, 7) is 2.40. The summed E-state index contributed by atoms with van der Waals surface area (Å²) in [7, 11) is -3.78. The van der Waals surface area contributed by atoms with Gasteiger partial charge >= 0.3 is 0 Å². The highest BCUT2D eigenvalue weighted by atomic mass is 32.2. The second-order valence-electron chi connectivity index (χ2n) is 7.93. The van der Waals surface area contributed by atoms with E-state index in [0.29, 0.717) is 23.7 Å². The van der Waals surface area contributed by atoms with Gasteiger partial charge in [-0.15, -0.1) is 0 Å². The number of ether oxygens (including phenoxy) is 1. The quantitative estimate of drug-likeness (QED) is 0.203. The van der Waals surface area contributed by atoms with Gasteiger partial charge in [-0.05, 0) is 90.1 Å². The second kappa shape index (κ2) is 11.7. The van der Waals surface area contributed by atoms with E-state index < -0.39 is 10.0 Å². The number of thiocarbonyl (C=S) groups is 1. The third-order valence-electron chi connectivity index (χ3n) is 5.31. The first-order chi connectivity index (χ1) is 17.8. The van der Waals surface area contributed by atoms with Crippen LogP contribution in [0.3, 0.4) is 0 Å². The molecule has 7 nitrogen and oxygen atoms in total. The Hall–Kier alpha value is -4.21. The summed E-state index contributed by atoms with van der Waals surface area (Å²) in [4.78, 5) is 12.4. The molecular formula is C28H25N3O4S2. The van der Waals surface area contributed by atoms with Crippen LogP contribution in [0.5, 0.6) is 5.75 Å². The van der Waals surface area contributed by atoms with Gasteiger partial charge in [0.05, 0.1) is 11.5 Å². The van der Waals surface area contributed by atoms with Crippen LogP contribution in [-0.2, 0) is 14.8 Å². The van der Waals surface area contributed by atoms with Crippen molar-refractivity contribution in [2.45, 2.75) is 11.8 Å². The molecule has 0 aliphatic rings. The van der Waals surface area contributed by atoms with Crippen molar-refractivity contribution in [2.24, 2.45) is 0 Å². The molecule has 4 rings (SSSR count). The van der Waals surface area contributed by atoms with Crippen LogP contribution in [0.1, 0.15) is 12.5 Å². The van der Waals surface area contributed by atoms with E-state index in [-0.39, 0.29) is 15.9 Å².